The van der Waals surface area contributed by atoms with Crippen molar-refractivity contribution >= 4 is 11.6 Å². The maximum atomic E-state index is 13.1. The Bertz CT molecular complexity index is 954. The molecule has 2 aromatic carbocycles. The molecule has 1 N–H and O–H groups in total. The van der Waals surface area contributed by atoms with Crippen molar-refractivity contribution in [1.82, 2.24) is 5.32 Å². The lowest BCUT2D eigenvalue weighted by molar-refractivity contribution is -0.385. The monoisotopic (exact) mass is 444 g/mol. The SMILES string of the molecule is CCOc1cc(C(=O)NCC2(c3ccc(OC)cc3)CCOCC2)c([N+](=O)[O-])cc1OC. The maximum Gasteiger partial charge on any atom is 0.286 e. The number of nitro benzene ring substituents is 1. The Morgan fingerprint density at radius 3 is 2.38 bits per heavy atom. The van der Waals surface area contributed by atoms with Gasteiger partial charge in [0.15, 0.2) is 11.5 Å². The number of ether oxygens (including phenoxy) is 4. The standard InChI is InChI=1S/C23H28N2O7/c1-4-32-21-13-18(19(25(27)28)14-20(21)30-3)22(26)24-15-23(9-11-31-12-10-23)16-5-7-17(29-2)8-6-16/h5-8,13-14H,4,9-12,15H2,1-3H3,(H,24,26). The molecule has 1 aliphatic rings. The summed E-state index contributed by atoms with van der Waals surface area (Å²) < 4.78 is 21.5. The summed E-state index contributed by atoms with van der Waals surface area (Å²) in [6.07, 6.45) is 1.43. The molecule has 2 aromatic rings. The van der Waals surface area contributed by atoms with E-state index in [0.717, 1.165) is 11.3 Å². The second-order valence-corrected chi connectivity index (χ2v) is 7.51. The normalized spacial score (nSPS) is 15.0. The molecule has 0 aromatic heterocycles. The lowest BCUT2D eigenvalue weighted by Gasteiger charge is -2.38. The number of nitrogens with one attached hydrogen (secondary N) is 1. The molecule has 0 unspecified atom stereocenters. The predicted molar refractivity (Wildman–Crippen MR) is 118 cm³/mol. The number of carbonyl (C=O) groups excluding carboxylic acids is 1. The molecule has 1 heterocycles. The topological polar surface area (TPSA) is 109 Å². The molecular formula is C23H28N2O7. The number of hydrogen-bond donors (Lipinski definition) is 1. The third-order valence-electron chi connectivity index (χ3n) is 5.76. The molecule has 0 bridgehead atoms. The molecule has 3 rings (SSSR count). The molecule has 1 amide bonds. The van der Waals surface area contributed by atoms with Crippen LogP contribution < -0.4 is 19.5 Å². The van der Waals surface area contributed by atoms with Crippen molar-refractivity contribution in [3.63, 3.8) is 0 Å². The molecule has 9 heteroatoms. The second-order valence-electron chi connectivity index (χ2n) is 7.51. The zero-order chi connectivity index (χ0) is 23.1. The van der Waals surface area contributed by atoms with Gasteiger partial charge in [-0.25, -0.2) is 0 Å². The summed E-state index contributed by atoms with van der Waals surface area (Å²) in [5.74, 6) is 0.688. The molecule has 0 saturated carbocycles. The molecule has 172 valence electrons. The van der Waals surface area contributed by atoms with Crippen molar-refractivity contribution in [2.24, 2.45) is 0 Å². The van der Waals surface area contributed by atoms with Gasteiger partial charge < -0.3 is 24.3 Å². The first-order chi connectivity index (χ1) is 15.4. The van der Waals surface area contributed by atoms with Gasteiger partial charge in [-0.15, -0.1) is 0 Å². The van der Waals surface area contributed by atoms with Gasteiger partial charge in [0.05, 0.1) is 31.8 Å². The minimum absolute atomic E-state index is 0.0730. The Kier molecular flexibility index (Phi) is 7.53. The van der Waals surface area contributed by atoms with Gasteiger partial charge in [0.25, 0.3) is 11.6 Å². The molecular weight excluding hydrogens is 416 g/mol. The zero-order valence-electron chi connectivity index (χ0n) is 18.5. The highest BCUT2D eigenvalue weighted by atomic mass is 16.6. The van der Waals surface area contributed by atoms with Gasteiger partial charge in [0.2, 0.25) is 0 Å². The second kappa shape index (κ2) is 10.3. The third-order valence-corrected chi connectivity index (χ3v) is 5.76. The van der Waals surface area contributed by atoms with Gasteiger partial charge in [-0.2, -0.15) is 0 Å². The van der Waals surface area contributed by atoms with Crippen molar-refractivity contribution in [2.75, 3.05) is 40.6 Å². The molecule has 9 nitrogen and oxygen atoms in total. The molecule has 0 atom stereocenters. The number of hydrogen-bond acceptors (Lipinski definition) is 7. The van der Waals surface area contributed by atoms with E-state index in [2.05, 4.69) is 5.32 Å². The highest BCUT2D eigenvalue weighted by molar-refractivity contribution is 5.99. The lowest BCUT2D eigenvalue weighted by atomic mass is 9.74. The summed E-state index contributed by atoms with van der Waals surface area (Å²) in [5, 5.41) is 14.5. The largest absolute Gasteiger partial charge is 0.497 e. The zero-order valence-corrected chi connectivity index (χ0v) is 18.5. The quantitative estimate of drug-likeness (QED) is 0.466. The predicted octanol–water partition coefficient (Wildman–Crippen LogP) is 3.49. The van der Waals surface area contributed by atoms with Crippen molar-refractivity contribution in [3.8, 4) is 17.2 Å². The Labute approximate surface area is 186 Å². The van der Waals surface area contributed by atoms with Crippen LogP contribution in [-0.4, -0.2) is 51.4 Å². The van der Waals surface area contributed by atoms with E-state index in [-0.39, 0.29) is 28.2 Å². The van der Waals surface area contributed by atoms with Crippen LogP contribution in [0.3, 0.4) is 0 Å². The summed E-state index contributed by atoms with van der Waals surface area (Å²) >= 11 is 0. The van der Waals surface area contributed by atoms with E-state index in [1.807, 2.05) is 24.3 Å². The van der Waals surface area contributed by atoms with Gasteiger partial charge in [-0.3, -0.25) is 14.9 Å². The van der Waals surface area contributed by atoms with Gasteiger partial charge in [-0.1, -0.05) is 12.1 Å². The number of methoxy groups -OCH3 is 2. The summed E-state index contributed by atoms with van der Waals surface area (Å²) in [7, 11) is 3.00. The van der Waals surface area contributed by atoms with Crippen molar-refractivity contribution < 1.29 is 28.7 Å². The van der Waals surface area contributed by atoms with Crippen molar-refractivity contribution in [2.45, 2.75) is 25.2 Å². The first kappa shape index (κ1) is 23.3. The van der Waals surface area contributed by atoms with Gasteiger partial charge in [0, 0.05) is 31.2 Å². The molecule has 0 radical (unpaired) electrons. The van der Waals surface area contributed by atoms with Gasteiger partial charge in [-0.05, 0) is 37.5 Å². The molecule has 1 aliphatic heterocycles. The van der Waals surface area contributed by atoms with Crippen LogP contribution in [0.4, 0.5) is 5.69 Å². The fourth-order valence-corrected chi connectivity index (χ4v) is 3.93. The van der Waals surface area contributed by atoms with Crippen LogP contribution in [0.1, 0.15) is 35.7 Å². The number of carbonyl (C=O) groups is 1. The summed E-state index contributed by atoms with van der Waals surface area (Å²) in [6, 6.07) is 10.3. The number of benzene rings is 2. The Balaban J connectivity index is 1.89. The van der Waals surface area contributed by atoms with Crippen LogP contribution in [0.25, 0.3) is 0 Å². The van der Waals surface area contributed by atoms with E-state index < -0.39 is 10.8 Å². The van der Waals surface area contributed by atoms with Crippen molar-refractivity contribution in [3.05, 3.63) is 57.6 Å². The van der Waals surface area contributed by atoms with E-state index >= 15 is 0 Å². The summed E-state index contributed by atoms with van der Waals surface area (Å²) in [4.78, 5) is 24.1. The van der Waals surface area contributed by atoms with E-state index in [1.54, 1.807) is 14.0 Å². The summed E-state index contributed by atoms with van der Waals surface area (Å²) in [6.45, 7) is 3.56. The lowest BCUT2D eigenvalue weighted by Crippen LogP contribution is -2.44. The van der Waals surface area contributed by atoms with E-state index in [4.69, 9.17) is 18.9 Å². The number of nitro groups is 1. The number of rotatable bonds is 9. The average molecular weight is 444 g/mol. The average Bonchev–Trinajstić information content (AvgIpc) is 2.83. The Hall–Kier alpha value is -3.33. The molecule has 32 heavy (non-hydrogen) atoms. The minimum atomic E-state index is -0.596. The summed E-state index contributed by atoms with van der Waals surface area (Å²) in [5.41, 5.74) is 0.301. The maximum absolute atomic E-state index is 13.1. The van der Waals surface area contributed by atoms with E-state index in [1.165, 1.54) is 19.2 Å². The van der Waals surface area contributed by atoms with Crippen LogP contribution in [0.15, 0.2) is 36.4 Å². The fraction of sp³-hybridized carbons (Fsp3) is 0.435. The first-order valence-corrected chi connectivity index (χ1v) is 10.4. The molecule has 0 aliphatic carbocycles. The Morgan fingerprint density at radius 1 is 1.12 bits per heavy atom. The van der Waals surface area contributed by atoms with Crippen LogP contribution in [0, 0.1) is 10.1 Å². The van der Waals surface area contributed by atoms with Crippen LogP contribution in [0.5, 0.6) is 17.2 Å². The van der Waals surface area contributed by atoms with Crippen LogP contribution in [0.2, 0.25) is 0 Å². The highest BCUT2D eigenvalue weighted by Gasteiger charge is 2.36. The van der Waals surface area contributed by atoms with Crippen molar-refractivity contribution in [1.29, 1.82) is 0 Å². The third kappa shape index (κ3) is 4.94. The highest BCUT2D eigenvalue weighted by Crippen LogP contribution is 2.37. The minimum Gasteiger partial charge on any atom is -0.497 e. The Morgan fingerprint density at radius 2 is 1.81 bits per heavy atom. The van der Waals surface area contributed by atoms with E-state index in [9.17, 15) is 14.9 Å². The van der Waals surface area contributed by atoms with Gasteiger partial charge >= 0.3 is 0 Å². The van der Waals surface area contributed by atoms with Crippen LogP contribution in [-0.2, 0) is 10.2 Å². The van der Waals surface area contributed by atoms with Crippen LogP contribution >= 0.6 is 0 Å². The molecule has 0 spiro atoms. The molecule has 1 fully saturated rings. The number of amides is 1. The molecule has 1 saturated heterocycles. The fourth-order valence-electron chi connectivity index (χ4n) is 3.93. The van der Waals surface area contributed by atoms with Gasteiger partial charge in [0.1, 0.15) is 11.3 Å². The first-order valence-electron chi connectivity index (χ1n) is 10.4. The number of nitrogens with zero attached hydrogens (tertiary/aromatic N) is 1. The smallest absolute Gasteiger partial charge is 0.286 e. The van der Waals surface area contributed by atoms with E-state index in [0.29, 0.717) is 39.2 Å².